The van der Waals surface area contributed by atoms with Crippen LogP contribution in [0.2, 0.25) is 0 Å². The molecule has 1 aliphatic carbocycles. The lowest BCUT2D eigenvalue weighted by atomic mass is 10.3. The number of nitrogens with two attached hydrogens (primary N) is 1. The molecule has 1 heterocycles. The zero-order chi connectivity index (χ0) is 11.7. The van der Waals surface area contributed by atoms with Gasteiger partial charge in [0.25, 0.3) is 0 Å². The average molecular weight is 302 g/mol. The monoisotopic (exact) mass is 301 g/mol. The number of thiophene rings is 1. The van der Waals surface area contributed by atoms with Crippen LogP contribution in [0.15, 0.2) is 20.9 Å². The summed E-state index contributed by atoms with van der Waals surface area (Å²) in [5.41, 5.74) is 5.79. The minimum absolute atomic E-state index is 0.344. The van der Waals surface area contributed by atoms with E-state index in [9.17, 15) is 0 Å². The van der Waals surface area contributed by atoms with Gasteiger partial charge in [-0.1, -0.05) is 0 Å². The minimum Gasteiger partial charge on any atom is -0.370 e. The van der Waals surface area contributed by atoms with Crippen molar-refractivity contribution in [2.45, 2.75) is 38.3 Å². The molecule has 2 rings (SSSR count). The number of rotatable bonds is 3. The van der Waals surface area contributed by atoms with Crippen LogP contribution in [0, 0.1) is 0 Å². The third kappa shape index (κ3) is 2.98. The lowest BCUT2D eigenvalue weighted by Crippen LogP contribution is -2.37. The number of halogens is 1. The number of hydrogen-bond donors (Lipinski definition) is 2. The van der Waals surface area contributed by atoms with Crippen LogP contribution in [0.1, 0.15) is 31.1 Å². The fraction of sp³-hybridized carbons (Fsp3) is 0.545. The largest absolute Gasteiger partial charge is 0.370 e. The molecule has 0 amide bonds. The van der Waals surface area contributed by atoms with E-state index >= 15 is 0 Å². The van der Waals surface area contributed by atoms with E-state index in [1.165, 1.54) is 8.66 Å². The van der Waals surface area contributed by atoms with Crippen molar-refractivity contribution >= 4 is 33.2 Å². The SMILES string of the molecule is CC(C)NC(N)=N[C@@H]1C[C@H]1c1ccc(Br)s1. The molecule has 0 bridgehead atoms. The molecule has 88 valence electrons. The Morgan fingerprint density at radius 1 is 1.62 bits per heavy atom. The second kappa shape index (κ2) is 4.75. The Morgan fingerprint density at radius 3 is 2.94 bits per heavy atom. The van der Waals surface area contributed by atoms with E-state index < -0.39 is 0 Å². The summed E-state index contributed by atoms with van der Waals surface area (Å²) in [7, 11) is 0. The van der Waals surface area contributed by atoms with Crippen molar-refractivity contribution in [3.63, 3.8) is 0 Å². The van der Waals surface area contributed by atoms with Gasteiger partial charge in [0.2, 0.25) is 0 Å². The van der Waals surface area contributed by atoms with Gasteiger partial charge in [0, 0.05) is 16.8 Å². The second-order valence-electron chi connectivity index (χ2n) is 4.36. The van der Waals surface area contributed by atoms with E-state index in [-0.39, 0.29) is 0 Å². The van der Waals surface area contributed by atoms with E-state index in [4.69, 9.17) is 5.73 Å². The molecule has 2 atom stereocenters. The average Bonchev–Trinajstić information content (AvgIpc) is 2.77. The molecule has 0 radical (unpaired) electrons. The van der Waals surface area contributed by atoms with Crippen LogP contribution in [-0.2, 0) is 0 Å². The van der Waals surface area contributed by atoms with Crippen LogP contribution in [0.4, 0.5) is 0 Å². The summed E-state index contributed by atoms with van der Waals surface area (Å²) in [5.74, 6) is 1.14. The van der Waals surface area contributed by atoms with Gasteiger partial charge in [0.15, 0.2) is 5.96 Å². The van der Waals surface area contributed by atoms with Gasteiger partial charge in [-0.2, -0.15) is 0 Å². The summed E-state index contributed by atoms with van der Waals surface area (Å²) >= 11 is 5.27. The third-order valence-electron chi connectivity index (χ3n) is 2.46. The van der Waals surface area contributed by atoms with E-state index in [2.05, 4.69) is 52.2 Å². The smallest absolute Gasteiger partial charge is 0.189 e. The highest BCUT2D eigenvalue weighted by molar-refractivity contribution is 9.11. The van der Waals surface area contributed by atoms with Crippen molar-refractivity contribution in [1.82, 2.24) is 5.32 Å². The number of nitrogens with zero attached hydrogens (tertiary/aromatic N) is 1. The maximum absolute atomic E-state index is 5.79. The normalized spacial score (nSPS) is 24.9. The topological polar surface area (TPSA) is 50.4 Å². The van der Waals surface area contributed by atoms with Crippen molar-refractivity contribution in [3.05, 3.63) is 20.8 Å². The first-order chi connectivity index (χ1) is 7.56. The molecule has 3 N–H and O–H groups in total. The fourth-order valence-corrected chi connectivity index (χ4v) is 3.26. The van der Waals surface area contributed by atoms with Crippen LogP contribution in [0.5, 0.6) is 0 Å². The van der Waals surface area contributed by atoms with Gasteiger partial charge in [0.1, 0.15) is 0 Å². The first kappa shape index (κ1) is 11.9. The van der Waals surface area contributed by atoms with E-state index in [0.717, 1.165) is 6.42 Å². The Labute approximate surface area is 108 Å². The molecule has 1 aromatic rings. The molecule has 0 saturated heterocycles. The molecule has 1 fully saturated rings. The summed E-state index contributed by atoms with van der Waals surface area (Å²) in [6.45, 7) is 4.12. The minimum atomic E-state index is 0.344. The van der Waals surface area contributed by atoms with Crippen LogP contribution < -0.4 is 11.1 Å². The molecular formula is C11H16BrN3S. The van der Waals surface area contributed by atoms with Gasteiger partial charge >= 0.3 is 0 Å². The molecular weight excluding hydrogens is 286 g/mol. The van der Waals surface area contributed by atoms with Crippen molar-refractivity contribution in [1.29, 1.82) is 0 Å². The molecule has 16 heavy (non-hydrogen) atoms. The van der Waals surface area contributed by atoms with Gasteiger partial charge in [-0.3, -0.25) is 0 Å². The molecule has 3 nitrogen and oxygen atoms in total. The first-order valence-corrected chi connectivity index (χ1v) is 7.02. The first-order valence-electron chi connectivity index (χ1n) is 5.41. The quantitative estimate of drug-likeness (QED) is 0.666. The number of hydrogen-bond acceptors (Lipinski definition) is 2. The summed E-state index contributed by atoms with van der Waals surface area (Å²) in [6.07, 6.45) is 1.12. The standard InChI is InChI=1S/C11H16BrN3S/c1-6(2)14-11(13)15-8-5-7(8)9-3-4-10(12)16-9/h3-4,6-8H,5H2,1-2H3,(H3,13,14,15)/t7-,8-/m1/s1. The van der Waals surface area contributed by atoms with Gasteiger partial charge < -0.3 is 11.1 Å². The predicted octanol–water partition coefficient (Wildman–Crippen LogP) is 2.68. The molecule has 0 unspecified atom stereocenters. The van der Waals surface area contributed by atoms with Gasteiger partial charge in [-0.05, 0) is 48.3 Å². The Balaban J connectivity index is 1.92. The van der Waals surface area contributed by atoms with Crippen LogP contribution in [-0.4, -0.2) is 18.0 Å². The van der Waals surface area contributed by atoms with E-state index in [1.807, 2.05) is 0 Å². The van der Waals surface area contributed by atoms with Crippen molar-refractivity contribution < 1.29 is 0 Å². The molecule has 1 aliphatic rings. The highest BCUT2D eigenvalue weighted by Crippen LogP contribution is 2.46. The maximum Gasteiger partial charge on any atom is 0.189 e. The van der Waals surface area contributed by atoms with Crippen LogP contribution in [0.3, 0.4) is 0 Å². The lowest BCUT2D eigenvalue weighted by Gasteiger charge is -2.07. The lowest BCUT2D eigenvalue weighted by molar-refractivity contribution is 0.722. The fourth-order valence-electron chi connectivity index (χ4n) is 1.67. The Morgan fingerprint density at radius 2 is 2.38 bits per heavy atom. The van der Waals surface area contributed by atoms with Gasteiger partial charge in [-0.25, -0.2) is 4.99 Å². The molecule has 0 spiro atoms. The maximum atomic E-state index is 5.79. The summed E-state index contributed by atoms with van der Waals surface area (Å²) in [5, 5.41) is 3.11. The highest BCUT2D eigenvalue weighted by Gasteiger charge is 2.39. The van der Waals surface area contributed by atoms with Gasteiger partial charge in [0.05, 0.1) is 9.83 Å². The summed E-state index contributed by atoms with van der Waals surface area (Å²) in [4.78, 5) is 5.87. The predicted molar refractivity (Wildman–Crippen MR) is 73.1 cm³/mol. The van der Waals surface area contributed by atoms with Crippen LogP contribution in [0.25, 0.3) is 0 Å². The van der Waals surface area contributed by atoms with E-state index in [0.29, 0.717) is 24.0 Å². The highest BCUT2D eigenvalue weighted by atomic mass is 79.9. The number of aliphatic imine (C=N–C) groups is 1. The molecule has 5 heteroatoms. The summed E-state index contributed by atoms with van der Waals surface area (Å²) in [6, 6.07) is 4.98. The zero-order valence-electron chi connectivity index (χ0n) is 9.40. The van der Waals surface area contributed by atoms with Gasteiger partial charge in [-0.15, -0.1) is 11.3 Å². The molecule has 0 aliphatic heterocycles. The van der Waals surface area contributed by atoms with Crippen molar-refractivity contribution in [2.75, 3.05) is 0 Å². The Kier molecular flexibility index (Phi) is 3.54. The van der Waals surface area contributed by atoms with Crippen molar-refractivity contribution in [2.24, 2.45) is 10.7 Å². The molecule has 1 saturated carbocycles. The summed E-state index contributed by atoms with van der Waals surface area (Å²) < 4.78 is 1.19. The Bertz CT molecular complexity index is 400. The third-order valence-corrected chi connectivity index (χ3v) is 4.21. The number of nitrogens with one attached hydrogen (secondary N) is 1. The van der Waals surface area contributed by atoms with Crippen molar-refractivity contribution in [3.8, 4) is 0 Å². The van der Waals surface area contributed by atoms with E-state index in [1.54, 1.807) is 11.3 Å². The van der Waals surface area contributed by atoms with Crippen LogP contribution >= 0.6 is 27.3 Å². The zero-order valence-corrected chi connectivity index (χ0v) is 11.8. The Hall–Kier alpha value is -0.550. The molecule has 1 aromatic heterocycles. The molecule has 0 aromatic carbocycles. The number of guanidine groups is 1. The second-order valence-corrected chi connectivity index (χ2v) is 6.86.